The number of ether oxygens (including phenoxy) is 1. The van der Waals surface area contributed by atoms with Gasteiger partial charge in [0.2, 0.25) is 5.91 Å². The molecule has 2 saturated heterocycles. The lowest BCUT2D eigenvalue weighted by Gasteiger charge is -2.43. The van der Waals surface area contributed by atoms with Crippen LogP contribution in [0, 0.1) is 0 Å². The Morgan fingerprint density at radius 3 is 2.68 bits per heavy atom. The van der Waals surface area contributed by atoms with Crippen LogP contribution in [-0.2, 0) is 16.8 Å². The zero-order chi connectivity index (χ0) is 17.8. The van der Waals surface area contributed by atoms with Gasteiger partial charge in [0.05, 0.1) is 6.61 Å². The topological polar surface area (TPSA) is 32.8 Å². The van der Waals surface area contributed by atoms with Gasteiger partial charge in [-0.05, 0) is 44.4 Å². The molecule has 0 bridgehead atoms. The summed E-state index contributed by atoms with van der Waals surface area (Å²) in [5.41, 5.74) is 1.97. The average molecular weight is 363 g/mol. The van der Waals surface area contributed by atoms with Crippen molar-refractivity contribution in [1.29, 1.82) is 0 Å². The Bertz CT molecular complexity index is 718. The first-order chi connectivity index (χ1) is 11.8. The average Bonchev–Trinajstić information content (AvgIpc) is 3.08. The Morgan fingerprint density at radius 2 is 1.92 bits per heavy atom. The second-order valence-corrected chi connectivity index (χ2v) is 8.94. The molecule has 3 aliphatic heterocycles. The molecule has 0 radical (unpaired) electrons. The number of fused-ring (bicyclic) bond motifs is 1. The molecule has 25 heavy (non-hydrogen) atoms. The fourth-order valence-electron chi connectivity index (χ4n) is 4.84. The maximum absolute atomic E-state index is 13.0. The Morgan fingerprint density at radius 1 is 1.20 bits per heavy atom. The largest absolute Gasteiger partial charge is 0.492 e. The molecule has 1 spiro atoms. The van der Waals surface area contributed by atoms with Crippen molar-refractivity contribution >= 4 is 17.5 Å². The molecule has 4 nitrogen and oxygen atoms in total. The van der Waals surface area contributed by atoms with Crippen LogP contribution >= 0.6 is 11.6 Å². The van der Waals surface area contributed by atoms with E-state index >= 15 is 0 Å². The predicted molar refractivity (Wildman–Crippen MR) is 99.2 cm³/mol. The number of hydrogen-bond donors (Lipinski definition) is 0. The van der Waals surface area contributed by atoms with Crippen molar-refractivity contribution in [1.82, 2.24) is 9.80 Å². The minimum absolute atomic E-state index is 0.0153. The smallest absolute Gasteiger partial charge is 0.242 e. The molecule has 2 fully saturated rings. The van der Waals surface area contributed by atoms with Gasteiger partial charge in [-0.2, -0.15) is 0 Å². The van der Waals surface area contributed by atoms with Gasteiger partial charge >= 0.3 is 0 Å². The molecule has 0 saturated carbocycles. The van der Waals surface area contributed by atoms with Crippen molar-refractivity contribution in [3.8, 4) is 5.75 Å². The monoisotopic (exact) mass is 362 g/mol. The summed E-state index contributed by atoms with van der Waals surface area (Å²) in [6, 6.07) is 4.05. The van der Waals surface area contributed by atoms with E-state index < -0.39 is 0 Å². The van der Waals surface area contributed by atoms with E-state index in [1.165, 1.54) is 5.56 Å². The summed E-state index contributed by atoms with van der Waals surface area (Å²) in [5, 5.41) is 0.757. The van der Waals surface area contributed by atoms with Gasteiger partial charge in [-0.1, -0.05) is 25.4 Å². The zero-order valence-corrected chi connectivity index (χ0v) is 16.2. The maximum atomic E-state index is 13.0. The summed E-state index contributed by atoms with van der Waals surface area (Å²) in [6.07, 6.45) is 4.08. The van der Waals surface area contributed by atoms with E-state index in [1.54, 1.807) is 0 Å². The number of hydrogen-bond acceptors (Lipinski definition) is 3. The Labute approximate surface area is 155 Å². The van der Waals surface area contributed by atoms with Crippen LogP contribution in [-0.4, -0.2) is 48.0 Å². The predicted octanol–water partition coefficient (Wildman–Crippen LogP) is 3.60. The lowest BCUT2D eigenvalue weighted by molar-refractivity contribution is -0.146. The van der Waals surface area contributed by atoms with Crippen LogP contribution < -0.4 is 4.74 Å². The molecule has 3 heterocycles. The Kier molecular flexibility index (Phi) is 4.04. The fraction of sp³-hybridized carbons (Fsp3) is 0.650. The van der Waals surface area contributed by atoms with Gasteiger partial charge in [-0.3, -0.25) is 9.69 Å². The van der Waals surface area contributed by atoms with Crippen LogP contribution in [0.5, 0.6) is 5.75 Å². The highest BCUT2D eigenvalue weighted by Gasteiger charge is 2.50. The molecule has 1 amide bonds. The fourth-order valence-corrected chi connectivity index (χ4v) is 5.08. The molecule has 1 aromatic rings. The first-order valence-corrected chi connectivity index (χ1v) is 9.68. The van der Waals surface area contributed by atoms with E-state index in [2.05, 4.69) is 18.7 Å². The summed E-state index contributed by atoms with van der Waals surface area (Å²) in [5.74, 6) is 1.27. The van der Waals surface area contributed by atoms with Gasteiger partial charge in [0.25, 0.3) is 0 Å². The van der Waals surface area contributed by atoms with Gasteiger partial charge in [0, 0.05) is 41.7 Å². The summed E-state index contributed by atoms with van der Waals surface area (Å²) in [6.45, 7) is 7.63. The van der Waals surface area contributed by atoms with Crippen LogP contribution in [0.1, 0.15) is 50.7 Å². The normalized spacial score (nSPS) is 28.5. The lowest BCUT2D eigenvalue weighted by Crippen LogP contribution is -2.58. The number of likely N-dealkylation sites (N-methyl/N-ethyl adjacent to an activating group) is 1. The number of carbonyl (C=O) groups is 1. The van der Waals surface area contributed by atoms with Crippen LogP contribution in [0.3, 0.4) is 0 Å². The molecule has 3 aliphatic rings. The van der Waals surface area contributed by atoms with Crippen LogP contribution in [0.2, 0.25) is 5.02 Å². The third kappa shape index (κ3) is 2.65. The third-order valence-corrected chi connectivity index (χ3v) is 6.47. The molecule has 136 valence electrons. The lowest BCUT2D eigenvalue weighted by atomic mass is 9.84. The van der Waals surface area contributed by atoms with Crippen molar-refractivity contribution in [2.75, 3.05) is 26.7 Å². The van der Waals surface area contributed by atoms with Crippen molar-refractivity contribution < 1.29 is 9.53 Å². The standard InChI is InChI=1S/C20H27ClN2O2/c1-19(2)13-25-17-14(10-15(21)11-16(17)19)12-23-9-5-7-20(23)6-4-8-22(3)18(20)24/h10-11H,4-9,12-13H2,1-3H3. The SMILES string of the molecule is CN1CCCC2(CCCN2Cc2cc(Cl)cc3c2OCC3(C)C)C1=O. The van der Waals surface area contributed by atoms with Gasteiger partial charge in [0.1, 0.15) is 11.3 Å². The number of benzene rings is 1. The van der Waals surface area contributed by atoms with E-state index in [4.69, 9.17) is 16.3 Å². The van der Waals surface area contributed by atoms with E-state index in [0.717, 1.165) is 61.7 Å². The van der Waals surface area contributed by atoms with Crippen molar-refractivity contribution in [3.05, 3.63) is 28.3 Å². The number of amides is 1. The number of carbonyl (C=O) groups excluding carboxylic acids is 1. The molecule has 1 atom stereocenters. The third-order valence-electron chi connectivity index (χ3n) is 6.25. The number of piperidine rings is 1. The first-order valence-electron chi connectivity index (χ1n) is 9.30. The quantitative estimate of drug-likeness (QED) is 0.805. The summed E-state index contributed by atoms with van der Waals surface area (Å²) in [7, 11) is 1.93. The molecular formula is C20H27ClN2O2. The first kappa shape index (κ1) is 17.2. The van der Waals surface area contributed by atoms with Crippen molar-refractivity contribution in [2.24, 2.45) is 0 Å². The van der Waals surface area contributed by atoms with E-state index in [0.29, 0.717) is 6.61 Å². The highest BCUT2D eigenvalue weighted by atomic mass is 35.5. The minimum Gasteiger partial charge on any atom is -0.492 e. The second-order valence-electron chi connectivity index (χ2n) is 8.50. The summed E-state index contributed by atoms with van der Waals surface area (Å²) < 4.78 is 6.05. The summed E-state index contributed by atoms with van der Waals surface area (Å²) in [4.78, 5) is 17.3. The number of rotatable bonds is 2. The second kappa shape index (κ2) is 5.88. The summed E-state index contributed by atoms with van der Waals surface area (Å²) >= 11 is 6.42. The van der Waals surface area contributed by atoms with Gasteiger partial charge in [-0.15, -0.1) is 0 Å². The van der Waals surface area contributed by atoms with Gasteiger partial charge < -0.3 is 9.64 Å². The molecule has 0 aliphatic carbocycles. The van der Waals surface area contributed by atoms with Gasteiger partial charge in [-0.25, -0.2) is 0 Å². The van der Waals surface area contributed by atoms with Gasteiger partial charge in [0.15, 0.2) is 0 Å². The molecule has 4 rings (SSSR count). The Balaban J connectivity index is 1.68. The number of nitrogens with zero attached hydrogens (tertiary/aromatic N) is 2. The number of halogens is 1. The molecule has 0 N–H and O–H groups in total. The van der Waals surface area contributed by atoms with E-state index in [9.17, 15) is 4.79 Å². The molecular weight excluding hydrogens is 336 g/mol. The zero-order valence-electron chi connectivity index (χ0n) is 15.4. The molecule has 1 unspecified atom stereocenters. The van der Waals surface area contributed by atoms with Crippen LogP contribution in [0.15, 0.2) is 12.1 Å². The highest BCUT2D eigenvalue weighted by molar-refractivity contribution is 6.30. The Hall–Kier alpha value is -1.26. The molecule has 1 aromatic carbocycles. The van der Waals surface area contributed by atoms with Crippen molar-refractivity contribution in [3.63, 3.8) is 0 Å². The highest BCUT2D eigenvalue weighted by Crippen LogP contribution is 2.45. The maximum Gasteiger partial charge on any atom is 0.242 e. The van der Waals surface area contributed by atoms with Crippen LogP contribution in [0.4, 0.5) is 0 Å². The minimum atomic E-state index is -0.323. The van der Waals surface area contributed by atoms with E-state index in [1.807, 2.05) is 24.1 Å². The van der Waals surface area contributed by atoms with Crippen molar-refractivity contribution in [2.45, 2.75) is 57.0 Å². The van der Waals surface area contributed by atoms with Crippen LogP contribution in [0.25, 0.3) is 0 Å². The molecule has 0 aromatic heterocycles. The number of likely N-dealkylation sites (tertiary alicyclic amines) is 2. The van der Waals surface area contributed by atoms with E-state index in [-0.39, 0.29) is 16.9 Å². The molecule has 5 heteroatoms.